The summed E-state index contributed by atoms with van der Waals surface area (Å²) in [6.45, 7) is 3.29. The number of nitrogens with two attached hydrogens (primary N) is 1. The Kier molecular flexibility index (Phi) is 5.60. The molecule has 2 aromatic rings. The fourth-order valence-electron chi connectivity index (χ4n) is 4.88. The number of rotatable bonds is 4. The molecule has 9 nitrogen and oxygen atoms in total. The smallest absolute Gasteiger partial charge is 0.410 e. The predicted octanol–water partition coefficient (Wildman–Crippen LogP) is 3.88. The van der Waals surface area contributed by atoms with E-state index in [-0.39, 0.29) is 17.6 Å². The summed E-state index contributed by atoms with van der Waals surface area (Å²) in [6.07, 6.45) is 1.88. The van der Waals surface area contributed by atoms with E-state index in [9.17, 15) is 9.18 Å². The first kappa shape index (κ1) is 23.1. The molecule has 0 bridgehead atoms. The molecule has 1 aliphatic carbocycles. The number of hydrogen-bond donors (Lipinski definition) is 3. The van der Waals surface area contributed by atoms with Crippen LogP contribution in [0.25, 0.3) is 22.5 Å². The van der Waals surface area contributed by atoms with Crippen molar-refractivity contribution < 1.29 is 13.9 Å². The van der Waals surface area contributed by atoms with Gasteiger partial charge in [0, 0.05) is 49.4 Å². The van der Waals surface area contributed by atoms with E-state index in [1.165, 1.54) is 6.07 Å². The van der Waals surface area contributed by atoms with Crippen molar-refractivity contribution >= 4 is 17.6 Å². The number of amides is 1. The van der Waals surface area contributed by atoms with E-state index in [1.807, 2.05) is 25.1 Å². The molecule has 0 aromatic heterocycles. The van der Waals surface area contributed by atoms with Gasteiger partial charge in [0.1, 0.15) is 23.2 Å². The third kappa shape index (κ3) is 4.29. The number of nitrogens with one attached hydrogen (secondary N) is 2. The highest BCUT2D eigenvalue weighted by Gasteiger charge is 2.35. The number of fused-ring (bicyclic) bond motifs is 3. The number of nitrogens with zero attached hydrogens (tertiary/aromatic N) is 4. The Morgan fingerprint density at radius 1 is 1.27 bits per heavy atom. The first-order valence-corrected chi connectivity index (χ1v) is 12.1. The highest BCUT2D eigenvalue weighted by molar-refractivity contribution is 5.90. The molecule has 3 aliphatic heterocycles. The fraction of sp³-hybridized carbons (Fsp3) is 0.259. The van der Waals surface area contributed by atoms with Gasteiger partial charge in [0.25, 0.3) is 0 Å². The van der Waals surface area contributed by atoms with Crippen molar-refractivity contribution in [2.24, 2.45) is 10.7 Å². The Hall–Kier alpha value is -4.31. The number of pyridine rings is 1. The van der Waals surface area contributed by atoms with Gasteiger partial charge < -0.3 is 20.4 Å². The highest BCUT2D eigenvalue weighted by Crippen LogP contribution is 2.41. The van der Waals surface area contributed by atoms with Gasteiger partial charge in [-0.05, 0) is 60.4 Å². The standard InChI is InChI=1S/C27H26FN7O2/c1-14-8-21(28)23(33-27(36)37-17-5-3-4-15(9-17)19-11-22(19)29)12-18(14)20-10-16-13-32-26(30-2)34-24(16)35-7-6-31-25(20)35/h3-5,8-10,12-13,19,22,31H,6-7,11,29H2,1-2H3,(H,33,36). The molecular weight excluding hydrogens is 473 g/mol. The molecule has 0 spiro atoms. The van der Waals surface area contributed by atoms with Crippen LogP contribution < -0.4 is 26.7 Å². The van der Waals surface area contributed by atoms with Gasteiger partial charge in [0.2, 0.25) is 5.62 Å². The van der Waals surface area contributed by atoms with Gasteiger partial charge in [-0.15, -0.1) is 0 Å². The van der Waals surface area contributed by atoms with Crippen LogP contribution in [-0.2, 0) is 6.54 Å². The van der Waals surface area contributed by atoms with E-state index in [1.54, 1.807) is 31.4 Å². The zero-order chi connectivity index (χ0) is 25.7. The van der Waals surface area contributed by atoms with Crippen LogP contribution in [0.3, 0.4) is 0 Å². The second-order valence-corrected chi connectivity index (χ2v) is 9.40. The summed E-state index contributed by atoms with van der Waals surface area (Å²) < 4.78 is 22.5. The Bertz CT molecular complexity index is 1580. The number of ether oxygens (including phenoxy) is 1. The molecule has 1 amide bonds. The normalized spacial score (nSPS) is 18.4. The monoisotopic (exact) mass is 499 g/mol. The summed E-state index contributed by atoms with van der Waals surface area (Å²) in [4.78, 5) is 25.6. The number of hydrogen-bond acceptors (Lipinski definition) is 7. The molecule has 1 fully saturated rings. The Balaban J connectivity index is 1.33. The summed E-state index contributed by atoms with van der Waals surface area (Å²) >= 11 is 0. The third-order valence-corrected chi connectivity index (χ3v) is 6.87. The zero-order valence-corrected chi connectivity index (χ0v) is 20.5. The summed E-state index contributed by atoms with van der Waals surface area (Å²) in [6, 6.07) is 12.4. The van der Waals surface area contributed by atoms with Crippen molar-refractivity contribution in [3.63, 3.8) is 0 Å². The summed E-state index contributed by atoms with van der Waals surface area (Å²) in [7, 11) is 1.65. The Morgan fingerprint density at radius 2 is 2.11 bits per heavy atom. The molecular formula is C27H26FN7O2. The van der Waals surface area contributed by atoms with E-state index in [4.69, 9.17) is 10.5 Å². The minimum atomic E-state index is -0.772. The number of halogens is 1. The van der Waals surface area contributed by atoms with E-state index in [0.29, 0.717) is 11.4 Å². The van der Waals surface area contributed by atoms with Crippen molar-refractivity contribution in [1.29, 1.82) is 0 Å². The summed E-state index contributed by atoms with van der Waals surface area (Å²) in [5.41, 5.74) is 10.6. The van der Waals surface area contributed by atoms with Gasteiger partial charge in [0.05, 0.1) is 5.69 Å². The maximum atomic E-state index is 14.9. The molecule has 188 valence electrons. The number of carbonyl (C=O) groups is 1. The number of benzene rings is 2. The lowest BCUT2D eigenvalue weighted by atomic mass is 9.98. The van der Waals surface area contributed by atoms with Crippen molar-refractivity contribution in [2.45, 2.75) is 31.8 Å². The van der Waals surface area contributed by atoms with Gasteiger partial charge >= 0.3 is 6.09 Å². The molecule has 2 unspecified atom stereocenters. The predicted molar refractivity (Wildman–Crippen MR) is 138 cm³/mol. The SMILES string of the molecule is CN=c1ncc2cc(-c3cc(NC(=O)Oc4cccc(C5CC5N)c4)c(F)cc3C)c3n(c-2n1)CCN3. The van der Waals surface area contributed by atoms with Crippen LogP contribution >= 0.6 is 0 Å². The lowest BCUT2D eigenvalue weighted by Gasteiger charge is -2.19. The summed E-state index contributed by atoms with van der Waals surface area (Å²) in [5.74, 6) is 1.76. The van der Waals surface area contributed by atoms with E-state index in [0.717, 1.165) is 59.0 Å². The molecule has 37 heavy (non-hydrogen) atoms. The Labute approximate surface area is 212 Å². The molecule has 0 radical (unpaired) electrons. The van der Waals surface area contributed by atoms with Crippen molar-refractivity contribution in [3.05, 3.63) is 71.2 Å². The van der Waals surface area contributed by atoms with Gasteiger partial charge in [0.15, 0.2) is 0 Å². The highest BCUT2D eigenvalue weighted by atomic mass is 19.1. The van der Waals surface area contributed by atoms with E-state index >= 15 is 0 Å². The number of anilines is 2. The van der Waals surface area contributed by atoms with Crippen molar-refractivity contribution in [2.75, 3.05) is 24.2 Å². The number of carbonyl (C=O) groups excluding carboxylic acids is 1. The Morgan fingerprint density at radius 3 is 2.89 bits per heavy atom. The zero-order valence-electron chi connectivity index (χ0n) is 20.5. The summed E-state index contributed by atoms with van der Waals surface area (Å²) in [5, 5.41) is 5.98. The number of aryl methyl sites for hydroxylation is 1. The van der Waals surface area contributed by atoms with Gasteiger partial charge in [-0.25, -0.2) is 14.2 Å². The number of aromatic nitrogens is 3. The minimum Gasteiger partial charge on any atom is -0.410 e. The molecule has 2 atom stereocenters. The largest absolute Gasteiger partial charge is 0.417 e. The molecule has 4 aliphatic rings. The molecule has 3 heterocycles. The van der Waals surface area contributed by atoms with Gasteiger partial charge in [-0.3, -0.25) is 10.3 Å². The molecule has 1 saturated carbocycles. The molecule has 0 saturated heterocycles. The second kappa shape index (κ2) is 8.97. The van der Waals surface area contributed by atoms with Crippen molar-refractivity contribution in [1.82, 2.24) is 14.5 Å². The molecule has 4 N–H and O–H groups in total. The van der Waals surface area contributed by atoms with Crippen LogP contribution in [0.4, 0.5) is 20.7 Å². The van der Waals surface area contributed by atoms with Crippen LogP contribution in [0.2, 0.25) is 0 Å². The topological polar surface area (TPSA) is 119 Å². The van der Waals surface area contributed by atoms with Crippen LogP contribution in [0.15, 0.2) is 53.7 Å². The first-order valence-electron chi connectivity index (χ1n) is 12.1. The minimum absolute atomic E-state index is 0.0270. The average molecular weight is 500 g/mol. The maximum Gasteiger partial charge on any atom is 0.417 e. The quantitative estimate of drug-likeness (QED) is 0.392. The molecule has 6 rings (SSSR count). The van der Waals surface area contributed by atoms with E-state index < -0.39 is 11.9 Å². The van der Waals surface area contributed by atoms with Crippen LogP contribution in [0, 0.1) is 12.7 Å². The van der Waals surface area contributed by atoms with Crippen molar-refractivity contribution in [3.8, 4) is 28.3 Å². The lowest BCUT2D eigenvalue weighted by molar-refractivity contribution is 0.215. The maximum absolute atomic E-state index is 14.9. The van der Waals surface area contributed by atoms with Crippen LogP contribution in [0.5, 0.6) is 5.75 Å². The first-order chi connectivity index (χ1) is 17.9. The fourth-order valence-corrected chi connectivity index (χ4v) is 4.88. The lowest BCUT2D eigenvalue weighted by Crippen LogP contribution is -2.18. The van der Waals surface area contributed by atoms with Gasteiger partial charge in [-0.2, -0.15) is 4.98 Å². The third-order valence-electron chi connectivity index (χ3n) is 6.87. The van der Waals surface area contributed by atoms with Crippen LogP contribution in [0.1, 0.15) is 23.5 Å². The van der Waals surface area contributed by atoms with Crippen LogP contribution in [-0.4, -0.2) is 40.3 Å². The van der Waals surface area contributed by atoms with E-state index in [2.05, 4.69) is 30.2 Å². The van der Waals surface area contributed by atoms with Gasteiger partial charge in [-0.1, -0.05) is 12.1 Å². The average Bonchev–Trinajstić information content (AvgIpc) is 3.41. The second-order valence-electron chi connectivity index (χ2n) is 9.40. The molecule has 2 aromatic carbocycles. The molecule has 10 heteroatoms.